The monoisotopic (exact) mass is 696 g/mol. The van der Waals surface area contributed by atoms with E-state index in [-0.39, 0.29) is 12.2 Å². The van der Waals surface area contributed by atoms with Crippen molar-refractivity contribution in [3.8, 4) is 23.0 Å². The summed E-state index contributed by atoms with van der Waals surface area (Å²) >= 11 is 3.56. The molecule has 3 aromatic rings. The number of carbonyl (C=O) groups excluding carboxylic acids is 2. The molecule has 0 aromatic heterocycles. The van der Waals surface area contributed by atoms with E-state index in [1.807, 2.05) is 50.2 Å². The Kier molecular flexibility index (Phi) is 12.3. The molecule has 46 heavy (non-hydrogen) atoms. The number of hydrogen-bond acceptors (Lipinski definition) is 10. The van der Waals surface area contributed by atoms with Crippen LogP contribution in [0.25, 0.3) is 0 Å². The normalized spacial score (nSPS) is 15.1. The van der Waals surface area contributed by atoms with Crippen LogP contribution < -0.4 is 35.0 Å². The Hall–Kier alpha value is -4.75. The molecule has 3 aromatic carbocycles. The molecule has 0 saturated carbocycles. The van der Waals surface area contributed by atoms with E-state index in [1.165, 1.54) is 7.11 Å². The molecule has 1 aliphatic rings. The lowest BCUT2D eigenvalue weighted by molar-refractivity contribution is -0.136. The van der Waals surface area contributed by atoms with Gasteiger partial charge >= 0.3 is 12.0 Å². The van der Waals surface area contributed by atoms with Gasteiger partial charge in [-0.1, -0.05) is 36.4 Å². The number of esters is 1. The predicted molar refractivity (Wildman–Crippen MR) is 175 cm³/mol. The van der Waals surface area contributed by atoms with Crippen molar-refractivity contribution in [1.82, 2.24) is 16.1 Å². The van der Waals surface area contributed by atoms with Crippen LogP contribution in [-0.2, 0) is 16.1 Å². The Bertz CT molecular complexity index is 1580. The highest BCUT2D eigenvalue weighted by Gasteiger charge is 2.32. The van der Waals surface area contributed by atoms with Crippen molar-refractivity contribution in [2.24, 2.45) is 5.10 Å². The average Bonchev–Trinajstić information content (AvgIpc) is 3.04. The number of halogens is 1. The van der Waals surface area contributed by atoms with Crippen LogP contribution in [-0.4, -0.2) is 56.5 Å². The van der Waals surface area contributed by atoms with E-state index in [1.54, 1.807) is 37.4 Å². The largest absolute Gasteiger partial charge is 0.490 e. The van der Waals surface area contributed by atoms with E-state index in [4.69, 9.17) is 23.7 Å². The molecule has 12 nitrogen and oxygen atoms in total. The van der Waals surface area contributed by atoms with Gasteiger partial charge in [-0.25, -0.2) is 9.59 Å². The van der Waals surface area contributed by atoms with Gasteiger partial charge in [0.25, 0.3) is 0 Å². The highest BCUT2D eigenvalue weighted by Crippen LogP contribution is 2.36. The van der Waals surface area contributed by atoms with Gasteiger partial charge < -0.3 is 39.4 Å². The fourth-order valence-electron chi connectivity index (χ4n) is 4.58. The number of aliphatic hydroxyl groups is 1. The molecule has 0 fully saturated rings. The zero-order chi connectivity index (χ0) is 33.1. The molecule has 0 saturated heterocycles. The van der Waals surface area contributed by atoms with Crippen LogP contribution in [0.15, 0.2) is 81.5 Å². The summed E-state index contributed by atoms with van der Waals surface area (Å²) in [6.07, 6.45) is 0.378. The van der Waals surface area contributed by atoms with Gasteiger partial charge in [0.15, 0.2) is 29.2 Å². The van der Waals surface area contributed by atoms with Crippen molar-refractivity contribution in [1.29, 1.82) is 0 Å². The van der Waals surface area contributed by atoms with E-state index in [0.29, 0.717) is 59.6 Å². The van der Waals surface area contributed by atoms with E-state index >= 15 is 0 Å². The summed E-state index contributed by atoms with van der Waals surface area (Å²) in [6.45, 7) is 6.35. The minimum absolute atomic E-state index is 0.162. The maximum atomic E-state index is 12.5. The Balaban J connectivity index is 1.40. The van der Waals surface area contributed by atoms with Gasteiger partial charge in [0.05, 0.1) is 38.2 Å². The number of aliphatic hydroxyl groups excluding tert-OH is 1. The van der Waals surface area contributed by atoms with Crippen LogP contribution >= 0.6 is 15.9 Å². The molecule has 4 N–H and O–H groups in total. The number of allylic oxidation sites excluding steroid dienone is 1. The van der Waals surface area contributed by atoms with Crippen molar-refractivity contribution >= 4 is 34.1 Å². The van der Waals surface area contributed by atoms with Crippen molar-refractivity contribution in [2.45, 2.75) is 39.6 Å². The molecule has 0 radical (unpaired) electrons. The minimum atomic E-state index is -1.16. The highest BCUT2D eigenvalue weighted by molar-refractivity contribution is 9.10. The van der Waals surface area contributed by atoms with Gasteiger partial charge in [0.2, 0.25) is 0 Å². The number of nitrogens with one attached hydrogen (secondary N) is 3. The second-order valence-electron chi connectivity index (χ2n) is 9.94. The maximum Gasteiger partial charge on any atom is 0.337 e. The van der Waals surface area contributed by atoms with Gasteiger partial charge in [0, 0.05) is 15.7 Å². The zero-order valence-corrected chi connectivity index (χ0v) is 27.6. The van der Waals surface area contributed by atoms with Crippen LogP contribution in [0.5, 0.6) is 23.0 Å². The first-order valence-electron chi connectivity index (χ1n) is 14.6. The first-order chi connectivity index (χ1) is 22.2. The molecule has 1 aliphatic heterocycles. The number of hydrogen-bond donors (Lipinski definition) is 4. The number of urea groups is 1. The molecule has 244 valence electrons. The Morgan fingerprint density at radius 1 is 1.00 bits per heavy atom. The fourth-order valence-corrected chi connectivity index (χ4v) is 5.01. The van der Waals surface area contributed by atoms with Crippen molar-refractivity contribution in [3.63, 3.8) is 0 Å². The number of carbonyl (C=O) groups is 2. The minimum Gasteiger partial charge on any atom is -0.490 e. The lowest BCUT2D eigenvalue weighted by Crippen LogP contribution is -2.45. The zero-order valence-electron chi connectivity index (χ0n) is 26.0. The average molecular weight is 698 g/mol. The number of hydrazone groups is 1. The number of methoxy groups -OCH3 is 1. The number of amides is 2. The van der Waals surface area contributed by atoms with Gasteiger partial charge in [-0.2, -0.15) is 5.10 Å². The second kappa shape index (κ2) is 16.5. The summed E-state index contributed by atoms with van der Waals surface area (Å²) in [7, 11) is 1.28. The summed E-state index contributed by atoms with van der Waals surface area (Å²) in [6, 6.07) is 17.2. The third-order valence-electron chi connectivity index (χ3n) is 6.70. The first kappa shape index (κ1) is 34.1. The van der Waals surface area contributed by atoms with Crippen LogP contribution in [0.4, 0.5) is 4.79 Å². The quantitative estimate of drug-likeness (QED) is 0.0750. The Labute approximate surface area is 275 Å². The SMILES string of the molecule is CCOc1cc(/C=N\N[C@@H](O)COc2ccc([C@H]3NC(=O)NC(C)=C3C(=O)OC)cc2OCC)c(Br)cc1OCc1ccccc1. The molecule has 0 bridgehead atoms. The first-order valence-corrected chi connectivity index (χ1v) is 15.4. The lowest BCUT2D eigenvalue weighted by atomic mass is 9.95. The van der Waals surface area contributed by atoms with Crippen LogP contribution in [0, 0.1) is 0 Å². The number of ether oxygens (including phenoxy) is 5. The number of nitrogens with zero attached hydrogens (tertiary/aromatic N) is 1. The van der Waals surface area contributed by atoms with E-state index in [9.17, 15) is 14.7 Å². The topological polar surface area (TPSA) is 149 Å². The van der Waals surface area contributed by atoms with Crippen LogP contribution in [0.2, 0.25) is 0 Å². The molecular weight excluding hydrogens is 660 g/mol. The van der Waals surface area contributed by atoms with E-state index < -0.39 is 24.3 Å². The lowest BCUT2D eigenvalue weighted by Gasteiger charge is -2.28. The molecule has 0 spiro atoms. The van der Waals surface area contributed by atoms with Crippen molar-refractivity contribution < 1.29 is 38.4 Å². The third-order valence-corrected chi connectivity index (χ3v) is 7.39. The molecule has 2 atom stereocenters. The third kappa shape index (κ3) is 8.92. The number of rotatable bonds is 15. The van der Waals surface area contributed by atoms with Gasteiger partial charge in [-0.3, -0.25) is 5.43 Å². The Morgan fingerprint density at radius 3 is 2.39 bits per heavy atom. The summed E-state index contributed by atoms with van der Waals surface area (Å²) < 4.78 is 29.0. The van der Waals surface area contributed by atoms with Crippen molar-refractivity contribution in [3.05, 3.63) is 93.1 Å². The van der Waals surface area contributed by atoms with Crippen LogP contribution in [0.1, 0.15) is 43.5 Å². The highest BCUT2D eigenvalue weighted by atomic mass is 79.9. The van der Waals surface area contributed by atoms with Gasteiger partial charge in [-0.05, 0) is 72.1 Å². The smallest absolute Gasteiger partial charge is 0.337 e. The molecule has 4 rings (SSSR count). The van der Waals surface area contributed by atoms with Crippen LogP contribution in [0.3, 0.4) is 0 Å². The molecule has 1 heterocycles. The molecule has 13 heteroatoms. The van der Waals surface area contributed by atoms with Gasteiger partial charge in [0.1, 0.15) is 13.2 Å². The molecule has 0 unspecified atom stereocenters. The summed E-state index contributed by atoms with van der Waals surface area (Å²) in [5.41, 5.74) is 5.62. The number of benzene rings is 3. The van der Waals surface area contributed by atoms with E-state index in [0.717, 1.165) is 10.0 Å². The predicted octanol–water partition coefficient (Wildman–Crippen LogP) is 4.95. The molecular formula is C33H37BrN4O8. The standard InChI is InChI=1S/C33H37BrN4O8/c1-5-43-26-14-22(31-30(32(40)42-4)20(3)36-33(41)37-31)12-13-25(26)46-19-29(39)38-35-17-23-15-27(44-6-2)28(16-24(23)34)45-18-21-10-8-7-9-11-21/h7-17,29,31,38-39H,5-6,18-19H2,1-4H3,(H2,36,37,41)/b35-17-/t29-,31+/m0/s1. The van der Waals surface area contributed by atoms with E-state index in [2.05, 4.69) is 37.1 Å². The summed E-state index contributed by atoms with van der Waals surface area (Å²) in [5.74, 6) is 1.30. The summed E-state index contributed by atoms with van der Waals surface area (Å²) in [5, 5.41) is 20.0. The molecule has 2 amide bonds. The fraction of sp³-hybridized carbons (Fsp3) is 0.303. The van der Waals surface area contributed by atoms with Gasteiger partial charge in [-0.15, -0.1) is 0 Å². The second-order valence-corrected chi connectivity index (χ2v) is 10.8. The maximum absolute atomic E-state index is 12.5. The molecule has 0 aliphatic carbocycles. The summed E-state index contributed by atoms with van der Waals surface area (Å²) in [4.78, 5) is 24.6. The van der Waals surface area contributed by atoms with Crippen molar-refractivity contribution in [2.75, 3.05) is 26.9 Å². The Morgan fingerprint density at radius 2 is 1.70 bits per heavy atom.